The summed E-state index contributed by atoms with van der Waals surface area (Å²) in [5.41, 5.74) is 3.83. The van der Waals surface area contributed by atoms with E-state index in [2.05, 4.69) is 21.4 Å². The van der Waals surface area contributed by atoms with Crippen molar-refractivity contribution in [2.45, 2.75) is 18.8 Å². The van der Waals surface area contributed by atoms with E-state index in [0.717, 1.165) is 47.1 Å². The van der Waals surface area contributed by atoms with E-state index < -0.39 is 0 Å². The van der Waals surface area contributed by atoms with E-state index in [0.29, 0.717) is 11.7 Å². The molecular formula is C21H22FN3O. The molecule has 134 valence electrons. The van der Waals surface area contributed by atoms with Crippen molar-refractivity contribution in [3.63, 3.8) is 0 Å². The van der Waals surface area contributed by atoms with E-state index >= 15 is 0 Å². The van der Waals surface area contributed by atoms with E-state index in [4.69, 9.17) is 4.74 Å². The number of hydrogen-bond donors (Lipinski definition) is 2. The van der Waals surface area contributed by atoms with Gasteiger partial charge in [-0.25, -0.2) is 9.37 Å². The minimum Gasteiger partial charge on any atom is -0.496 e. The van der Waals surface area contributed by atoms with E-state index in [1.165, 1.54) is 30.7 Å². The molecule has 1 aliphatic heterocycles. The van der Waals surface area contributed by atoms with Crippen LogP contribution in [0.15, 0.2) is 36.5 Å². The van der Waals surface area contributed by atoms with Gasteiger partial charge in [-0.2, -0.15) is 0 Å². The Morgan fingerprint density at radius 1 is 1.08 bits per heavy atom. The monoisotopic (exact) mass is 351 g/mol. The van der Waals surface area contributed by atoms with Crippen LogP contribution in [-0.2, 0) is 0 Å². The number of ether oxygens (including phenoxy) is 1. The largest absolute Gasteiger partial charge is 0.496 e. The van der Waals surface area contributed by atoms with E-state index in [9.17, 15) is 4.39 Å². The van der Waals surface area contributed by atoms with Crippen LogP contribution in [0.2, 0.25) is 0 Å². The summed E-state index contributed by atoms with van der Waals surface area (Å²) in [6.45, 7) is 2.29. The Balaban J connectivity index is 1.58. The number of methoxy groups -OCH3 is 1. The number of pyridine rings is 1. The first-order chi connectivity index (χ1) is 12.7. The molecule has 0 spiro atoms. The normalized spacial score (nSPS) is 24.9. The molecule has 0 radical (unpaired) electrons. The number of aromatic amines is 1. The van der Waals surface area contributed by atoms with Crippen LogP contribution in [0.25, 0.3) is 22.2 Å². The highest BCUT2D eigenvalue weighted by molar-refractivity contribution is 5.95. The molecule has 3 heterocycles. The lowest BCUT2D eigenvalue weighted by Gasteiger charge is -2.09. The average Bonchev–Trinajstić information content (AvgIpc) is 3.34. The number of aromatic nitrogens is 2. The Labute approximate surface area is 151 Å². The van der Waals surface area contributed by atoms with Gasteiger partial charge in [0.1, 0.15) is 17.2 Å². The van der Waals surface area contributed by atoms with Gasteiger partial charge >= 0.3 is 0 Å². The molecule has 26 heavy (non-hydrogen) atoms. The maximum absolute atomic E-state index is 13.9. The Morgan fingerprint density at radius 3 is 2.65 bits per heavy atom. The molecule has 1 aliphatic carbocycles. The number of rotatable bonds is 3. The Morgan fingerprint density at radius 2 is 1.88 bits per heavy atom. The van der Waals surface area contributed by atoms with E-state index in [1.54, 1.807) is 19.4 Å². The van der Waals surface area contributed by atoms with Gasteiger partial charge in [0.05, 0.1) is 7.11 Å². The first-order valence-corrected chi connectivity index (χ1v) is 9.25. The number of nitrogens with zero attached hydrogens (tertiary/aromatic N) is 1. The van der Waals surface area contributed by atoms with Gasteiger partial charge in [0.2, 0.25) is 0 Å². The standard InChI is InChI=1S/C21H22FN3O/c1-26-20-3-2-15(22)8-17(20)16-4-5-24-21-18(16)9-19(25-21)12-6-13-10-23-11-14(13)7-12/h2-5,8-9,12-14,23H,6-7,10-11H2,1H3,(H,24,25)/t12?,13-,14+. The fourth-order valence-corrected chi connectivity index (χ4v) is 4.81. The first kappa shape index (κ1) is 15.8. The zero-order chi connectivity index (χ0) is 17.7. The lowest BCUT2D eigenvalue weighted by atomic mass is 9.99. The molecule has 1 saturated carbocycles. The summed E-state index contributed by atoms with van der Waals surface area (Å²) in [6.07, 6.45) is 4.22. The second-order valence-corrected chi connectivity index (χ2v) is 7.54. The molecular weight excluding hydrogens is 329 g/mol. The third-order valence-electron chi connectivity index (χ3n) is 6.10. The van der Waals surface area contributed by atoms with Gasteiger partial charge in [0.15, 0.2) is 0 Å². The summed E-state index contributed by atoms with van der Waals surface area (Å²) in [6, 6.07) is 8.78. The van der Waals surface area contributed by atoms with Crippen molar-refractivity contribution in [3.05, 3.63) is 48.0 Å². The van der Waals surface area contributed by atoms with Crippen molar-refractivity contribution in [2.24, 2.45) is 11.8 Å². The van der Waals surface area contributed by atoms with Gasteiger partial charge in [-0.15, -0.1) is 0 Å². The number of fused-ring (bicyclic) bond motifs is 2. The van der Waals surface area contributed by atoms with Crippen LogP contribution in [-0.4, -0.2) is 30.2 Å². The molecule has 1 unspecified atom stereocenters. The SMILES string of the molecule is COc1ccc(F)cc1-c1ccnc2[nH]c(C3C[C@H]4CNC[C@H]4C3)cc12. The van der Waals surface area contributed by atoms with Crippen LogP contribution >= 0.6 is 0 Å². The first-order valence-electron chi connectivity index (χ1n) is 9.25. The van der Waals surface area contributed by atoms with Gasteiger partial charge < -0.3 is 15.0 Å². The molecule has 1 aromatic carbocycles. The van der Waals surface area contributed by atoms with Crippen LogP contribution in [0, 0.1) is 17.7 Å². The third kappa shape index (κ3) is 2.50. The predicted molar refractivity (Wildman–Crippen MR) is 99.9 cm³/mol. The lowest BCUT2D eigenvalue weighted by Crippen LogP contribution is -2.11. The Bertz CT molecular complexity index is 955. The molecule has 5 heteroatoms. The van der Waals surface area contributed by atoms with Crippen molar-refractivity contribution in [3.8, 4) is 16.9 Å². The lowest BCUT2D eigenvalue weighted by molar-refractivity contribution is 0.415. The minimum absolute atomic E-state index is 0.266. The molecule has 2 aromatic heterocycles. The van der Waals surface area contributed by atoms with Crippen LogP contribution in [0.3, 0.4) is 0 Å². The minimum atomic E-state index is -0.266. The zero-order valence-electron chi connectivity index (χ0n) is 14.8. The van der Waals surface area contributed by atoms with Crippen LogP contribution in [0.5, 0.6) is 5.75 Å². The smallest absolute Gasteiger partial charge is 0.138 e. The Hall–Kier alpha value is -2.40. The molecule has 0 bridgehead atoms. The quantitative estimate of drug-likeness (QED) is 0.747. The second kappa shape index (κ2) is 6.09. The molecule has 3 atom stereocenters. The summed E-state index contributed by atoms with van der Waals surface area (Å²) < 4.78 is 19.3. The Kier molecular flexibility index (Phi) is 3.71. The van der Waals surface area contributed by atoms with Gasteiger partial charge in [0.25, 0.3) is 0 Å². The van der Waals surface area contributed by atoms with Crippen LogP contribution in [0.1, 0.15) is 24.5 Å². The summed E-state index contributed by atoms with van der Waals surface area (Å²) in [4.78, 5) is 8.03. The van der Waals surface area contributed by atoms with E-state index in [-0.39, 0.29) is 5.82 Å². The van der Waals surface area contributed by atoms with Crippen molar-refractivity contribution in [1.82, 2.24) is 15.3 Å². The fourth-order valence-electron chi connectivity index (χ4n) is 4.81. The topological polar surface area (TPSA) is 49.9 Å². The number of H-pyrrole nitrogens is 1. The average molecular weight is 351 g/mol. The molecule has 3 aromatic rings. The van der Waals surface area contributed by atoms with Crippen molar-refractivity contribution in [2.75, 3.05) is 20.2 Å². The van der Waals surface area contributed by atoms with Gasteiger partial charge in [-0.05, 0) is 79.6 Å². The maximum Gasteiger partial charge on any atom is 0.138 e. The number of hydrogen-bond acceptors (Lipinski definition) is 3. The third-order valence-corrected chi connectivity index (χ3v) is 6.10. The maximum atomic E-state index is 13.9. The van der Waals surface area contributed by atoms with Gasteiger partial charge in [-0.1, -0.05) is 0 Å². The van der Waals surface area contributed by atoms with Crippen LogP contribution in [0.4, 0.5) is 4.39 Å². The van der Waals surface area contributed by atoms with Crippen molar-refractivity contribution >= 4 is 11.0 Å². The molecule has 0 amide bonds. The predicted octanol–water partition coefficient (Wildman–Crippen LogP) is 4.09. The summed E-state index contributed by atoms with van der Waals surface area (Å²) in [5, 5.41) is 4.53. The summed E-state index contributed by atoms with van der Waals surface area (Å²) in [5.74, 6) is 2.55. The van der Waals surface area contributed by atoms with E-state index in [1.807, 2.05) is 6.07 Å². The zero-order valence-corrected chi connectivity index (χ0v) is 14.8. The van der Waals surface area contributed by atoms with Crippen molar-refractivity contribution < 1.29 is 9.13 Å². The molecule has 2 N–H and O–H groups in total. The summed E-state index contributed by atoms with van der Waals surface area (Å²) in [7, 11) is 1.61. The van der Waals surface area contributed by atoms with Gasteiger partial charge in [0, 0.05) is 22.8 Å². The highest BCUT2D eigenvalue weighted by Crippen LogP contribution is 2.45. The number of nitrogens with one attached hydrogen (secondary N) is 2. The molecule has 5 rings (SSSR count). The fraction of sp³-hybridized carbons (Fsp3) is 0.381. The number of benzene rings is 1. The van der Waals surface area contributed by atoms with Crippen molar-refractivity contribution in [1.29, 1.82) is 0 Å². The van der Waals surface area contributed by atoms with Gasteiger partial charge in [-0.3, -0.25) is 0 Å². The highest BCUT2D eigenvalue weighted by Gasteiger charge is 2.38. The molecule has 4 nitrogen and oxygen atoms in total. The molecule has 1 saturated heterocycles. The highest BCUT2D eigenvalue weighted by atomic mass is 19.1. The second-order valence-electron chi connectivity index (χ2n) is 7.54. The summed E-state index contributed by atoms with van der Waals surface area (Å²) >= 11 is 0. The molecule has 2 aliphatic rings. The molecule has 2 fully saturated rings. The number of halogens is 1. The van der Waals surface area contributed by atoms with Crippen LogP contribution < -0.4 is 10.1 Å².